The van der Waals surface area contributed by atoms with E-state index in [0.29, 0.717) is 6.04 Å². The summed E-state index contributed by atoms with van der Waals surface area (Å²) in [6.45, 7) is 5.97. The fourth-order valence-electron chi connectivity index (χ4n) is 4.24. The van der Waals surface area contributed by atoms with E-state index in [9.17, 15) is 0 Å². The van der Waals surface area contributed by atoms with Crippen LogP contribution in [0.2, 0.25) is 0 Å². The van der Waals surface area contributed by atoms with E-state index in [-0.39, 0.29) is 0 Å². The van der Waals surface area contributed by atoms with Gasteiger partial charge in [0.15, 0.2) is 0 Å². The maximum absolute atomic E-state index is 6.34. The minimum atomic E-state index is 0.450. The third kappa shape index (κ3) is 4.19. The summed E-state index contributed by atoms with van der Waals surface area (Å²) in [6.07, 6.45) is 11.0. The Hall–Kier alpha value is -0.0800. The van der Waals surface area contributed by atoms with Gasteiger partial charge in [0.2, 0.25) is 0 Å². The van der Waals surface area contributed by atoms with E-state index in [1.165, 1.54) is 57.9 Å². The van der Waals surface area contributed by atoms with Gasteiger partial charge in [-0.3, -0.25) is 0 Å². The summed E-state index contributed by atoms with van der Waals surface area (Å²) in [5.74, 6) is 2.62. The lowest BCUT2D eigenvalue weighted by atomic mass is 9.78. The number of nitrogens with two attached hydrogens (primary N) is 1. The number of rotatable bonds is 4. The second kappa shape index (κ2) is 7.08. The van der Waals surface area contributed by atoms with Crippen molar-refractivity contribution >= 4 is 0 Å². The predicted octanol–water partition coefficient (Wildman–Crippen LogP) is 3.65. The molecule has 2 saturated carbocycles. The van der Waals surface area contributed by atoms with Crippen LogP contribution in [0.25, 0.3) is 0 Å². The van der Waals surface area contributed by atoms with Crippen LogP contribution < -0.4 is 5.73 Å². The van der Waals surface area contributed by atoms with Crippen molar-refractivity contribution in [2.45, 2.75) is 77.3 Å². The average molecular weight is 266 g/mol. The Morgan fingerprint density at radius 3 is 2.37 bits per heavy atom. The van der Waals surface area contributed by atoms with Gasteiger partial charge in [-0.2, -0.15) is 0 Å². The number of nitrogens with zero attached hydrogens (tertiary/aromatic N) is 1. The third-order valence-electron chi connectivity index (χ3n) is 5.84. The maximum Gasteiger partial charge on any atom is 0.00925 e. The van der Waals surface area contributed by atoms with Crippen molar-refractivity contribution in [3.63, 3.8) is 0 Å². The van der Waals surface area contributed by atoms with Crippen LogP contribution in [0, 0.1) is 17.8 Å². The SMILES string of the molecule is CCC1CCC(N(C)CC2CC(C)CCC2N)CC1. The van der Waals surface area contributed by atoms with E-state index < -0.39 is 0 Å². The highest BCUT2D eigenvalue weighted by Crippen LogP contribution is 2.32. The van der Waals surface area contributed by atoms with Gasteiger partial charge in [-0.1, -0.05) is 20.3 Å². The molecule has 0 radical (unpaired) electrons. The van der Waals surface area contributed by atoms with E-state index in [1.54, 1.807) is 0 Å². The van der Waals surface area contributed by atoms with Gasteiger partial charge in [0, 0.05) is 18.6 Å². The number of hydrogen-bond donors (Lipinski definition) is 1. The van der Waals surface area contributed by atoms with E-state index in [1.807, 2.05) is 0 Å². The first-order valence-corrected chi connectivity index (χ1v) is 8.56. The Morgan fingerprint density at radius 1 is 1.05 bits per heavy atom. The van der Waals surface area contributed by atoms with Gasteiger partial charge >= 0.3 is 0 Å². The monoisotopic (exact) mass is 266 g/mol. The zero-order valence-corrected chi connectivity index (χ0v) is 13.3. The second-order valence-corrected chi connectivity index (χ2v) is 7.36. The first kappa shape index (κ1) is 15.3. The zero-order chi connectivity index (χ0) is 13.8. The van der Waals surface area contributed by atoms with Crippen LogP contribution in [0.4, 0.5) is 0 Å². The molecule has 2 rings (SSSR count). The largest absolute Gasteiger partial charge is 0.327 e. The Bertz CT molecular complexity index is 258. The fourth-order valence-corrected chi connectivity index (χ4v) is 4.24. The van der Waals surface area contributed by atoms with Crippen molar-refractivity contribution in [1.82, 2.24) is 4.90 Å². The van der Waals surface area contributed by atoms with Crippen molar-refractivity contribution in [3.05, 3.63) is 0 Å². The molecule has 2 aliphatic rings. The Labute approximate surface area is 120 Å². The molecule has 0 spiro atoms. The summed E-state index contributed by atoms with van der Waals surface area (Å²) >= 11 is 0. The minimum absolute atomic E-state index is 0.450. The van der Waals surface area contributed by atoms with Crippen LogP contribution in [-0.4, -0.2) is 30.6 Å². The van der Waals surface area contributed by atoms with Gasteiger partial charge in [0.1, 0.15) is 0 Å². The minimum Gasteiger partial charge on any atom is -0.327 e. The molecule has 19 heavy (non-hydrogen) atoms. The lowest BCUT2D eigenvalue weighted by molar-refractivity contribution is 0.115. The molecule has 0 saturated heterocycles. The summed E-state index contributed by atoms with van der Waals surface area (Å²) in [5.41, 5.74) is 6.34. The van der Waals surface area contributed by atoms with Gasteiger partial charge in [-0.05, 0) is 69.7 Å². The predicted molar refractivity (Wildman–Crippen MR) is 83.1 cm³/mol. The van der Waals surface area contributed by atoms with Crippen molar-refractivity contribution in [3.8, 4) is 0 Å². The average Bonchev–Trinajstić information content (AvgIpc) is 2.43. The fraction of sp³-hybridized carbons (Fsp3) is 1.00. The molecule has 112 valence electrons. The summed E-state index contributed by atoms with van der Waals surface area (Å²) < 4.78 is 0. The third-order valence-corrected chi connectivity index (χ3v) is 5.84. The zero-order valence-electron chi connectivity index (χ0n) is 13.3. The molecule has 2 aliphatic carbocycles. The van der Waals surface area contributed by atoms with Crippen LogP contribution in [0.5, 0.6) is 0 Å². The van der Waals surface area contributed by atoms with E-state index >= 15 is 0 Å². The van der Waals surface area contributed by atoms with Crippen molar-refractivity contribution in [1.29, 1.82) is 0 Å². The first-order valence-electron chi connectivity index (χ1n) is 8.56. The molecule has 0 amide bonds. The molecule has 0 aromatic heterocycles. The van der Waals surface area contributed by atoms with Crippen LogP contribution in [0.3, 0.4) is 0 Å². The normalized spacial score (nSPS) is 40.6. The lowest BCUT2D eigenvalue weighted by Crippen LogP contribution is -2.45. The smallest absolute Gasteiger partial charge is 0.00925 e. The molecular formula is C17H34N2. The molecule has 3 atom stereocenters. The maximum atomic E-state index is 6.34. The van der Waals surface area contributed by atoms with E-state index in [4.69, 9.17) is 5.73 Å². The molecule has 2 N–H and O–H groups in total. The molecule has 3 unspecified atom stereocenters. The molecular weight excluding hydrogens is 232 g/mol. The highest BCUT2D eigenvalue weighted by Gasteiger charge is 2.29. The Morgan fingerprint density at radius 2 is 1.74 bits per heavy atom. The van der Waals surface area contributed by atoms with E-state index in [2.05, 4.69) is 25.8 Å². The topological polar surface area (TPSA) is 29.3 Å². The molecule has 2 heteroatoms. The summed E-state index contributed by atoms with van der Waals surface area (Å²) in [7, 11) is 2.34. The van der Waals surface area contributed by atoms with Gasteiger partial charge in [0.25, 0.3) is 0 Å². The Kier molecular flexibility index (Phi) is 5.70. The molecule has 0 aliphatic heterocycles. The Balaban J connectivity index is 1.78. The van der Waals surface area contributed by atoms with Gasteiger partial charge < -0.3 is 10.6 Å². The molecule has 0 aromatic rings. The van der Waals surface area contributed by atoms with Gasteiger partial charge in [0.05, 0.1) is 0 Å². The van der Waals surface area contributed by atoms with Crippen LogP contribution in [0.15, 0.2) is 0 Å². The van der Waals surface area contributed by atoms with Crippen molar-refractivity contribution < 1.29 is 0 Å². The molecule has 0 aromatic carbocycles. The van der Waals surface area contributed by atoms with E-state index in [0.717, 1.165) is 23.8 Å². The highest BCUT2D eigenvalue weighted by atomic mass is 15.1. The van der Waals surface area contributed by atoms with Gasteiger partial charge in [-0.15, -0.1) is 0 Å². The second-order valence-electron chi connectivity index (χ2n) is 7.36. The van der Waals surface area contributed by atoms with Gasteiger partial charge in [-0.25, -0.2) is 0 Å². The quantitative estimate of drug-likeness (QED) is 0.841. The lowest BCUT2D eigenvalue weighted by Gasteiger charge is -2.40. The molecule has 0 bridgehead atoms. The summed E-state index contributed by atoms with van der Waals surface area (Å²) in [6, 6.07) is 1.28. The highest BCUT2D eigenvalue weighted by molar-refractivity contribution is 4.85. The van der Waals surface area contributed by atoms with Crippen LogP contribution in [0.1, 0.15) is 65.2 Å². The van der Waals surface area contributed by atoms with Crippen LogP contribution >= 0.6 is 0 Å². The summed E-state index contributed by atoms with van der Waals surface area (Å²) in [5, 5.41) is 0. The number of hydrogen-bond acceptors (Lipinski definition) is 2. The van der Waals surface area contributed by atoms with Crippen molar-refractivity contribution in [2.75, 3.05) is 13.6 Å². The first-order chi connectivity index (χ1) is 9.10. The molecule has 0 heterocycles. The standard InChI is InChI=1S/C17H34N2/c1-4-14-6-8-16(9-7-14)19(3)12-15-11-13(2)5-10-17(15)18/h13-17H,4-12,18H2,1-3H3. The molecule has 2 fully saturated rings. The molecule has 2 nitrogen and oxygen atoms in total. The van der Waals surface area contributed by atoms with Crippen molar-refractivity contribution in [2.24, 2.45) is 23.5 Å². The summed E-state index contributed by atoms with van der Waals surface area (Å²) in [4.78, 5) is 2.63. The van der Waals surface area contributed by atoms with Crippen LogP contribution in [-0.2, 0) is 0 Å².